The molecule has 0 aliphatic carbocycles. The van der Waals surface area contributed by atoms with E-state index in [9.17, 15) is 0 Å². The highest BCUT2D eigenvalue weighted by Crippen LogP contribution is 2.00. The SMILES string of the molecule is S=c1oso1. The lowest BCUT2D eigenvalue weighted by molar-refractivity contribution is 0.391. The Balaban J connectivity index is 3.29. The standard InChI is InChI=1S/CO2S2/c4-1-2-5-3-1. The van der Waals surface area contributed by atoms with Gasteiger partial charge < -0.3 is 7.70 Å². The Hall–Kier alpha value is -0.0900. The lowest BCUT2D eigenvalue weighted by Gasteiger charge is -1.73. The van der Waals surface area contributed by atoms with Gasteiger partial charge in [-0.05, 0) is 0 Å². The molecule has 0 radical (unpaired) electrons. The van der Waals surface area contributed by atoms with Crippen LogP contribution in [-0.4, -0.2) is 0 Å². The van der Waals surface area contributed by atoms with Crippen LogP contribution >= 0.6 is 24.1 Å². The van der Waals surface area contributed by atoms with Crippen LogP contribution in [0, 0.1) is 4.90 Å². The molecule has 5 heavy (non-hydrogen) atoms. The highest BCUT2D eigenvalue weighted by atomic mass is 32.2. The maximum Gasteiger partial charge on any atom is 0.390 e. The minimum absolute atomic E-state index is 0.231. The lowest BCUT2D eigenvalue weighted by Crippen LogP contribution is -1.48. The molecule has 1 aromatic heterocycles. The quantitative estimate of drug-likeness (QED) is 0.473. The maximum atomic E-state index is 4.36. The molecule has 0 atom stereocenters. The van der Waals surface area contributed by atoms with E-state index in [0.717, 1.165) is 11.9 Å². The van der Waals surface area contributed by atoms with Crippen molar-refractivity contribution in [2.45, 2.75) is 0 Å². The van der Waals surface area contributed by atoms with Crippen molar-refractivity contribution in [3.63, 3.8) is 0 Å². The third-order valence-corrected chi connectivity index (χ3v) is 1.02. The van der Waals surface area contributed by atoms with Crippen LogP contribution in [0.2, 0.25) is 0 Å². The lowest BCUT2D eigenvalue weighted by atomic mass is 11.7. The molecule has 0 bridgehead atoms. The van der Waals surface area contributed by atoms with Crippen LogP contribution in [0.5, 0.6) is 0 Å². The normalized spacial score (nSPS) is 8.80. The topological polar surface area (TPSA) is 26.3 Å². The molecule has 0 spiro atoms. The molecule has 0 aliphatic heterocycles. The van der Waals surface area contributed by atoms with Gasteiger partial charge in [0, 0.05) is 12.2 Å². The first-order valence-electron chi connectivity index (χ1n) is 0.946. The van der Waals surface area contributed by atoms with Gasteiger partial charge in [0.15, 0.2) is 0 Å². The summed E-state index contributed by atoms with van der Waals surface area (Å²) in [7, 11) is 0. The predicted molar refractivity (Wildman–Crippen MR) is 19.7 cm³/mol. The Morgan fingerprint density at radius 1 is 1.60 bits per heavy atom. The van der Waals surface area contributed by atoms with Crippen LogP contribution in [0.4, 0.5) is 0 Å². The molecule has 0 N–H and O–H groups in total. The van der Waals surface area contributed by atoms with Crippen molar-refractivity contribution in [3.05, 3.63) is 4.90 Å². The van der Waals surface area contributed by atoms with Crippen molar-refractivity contribution >= 4 is 24.1 Å². The molecule has 1 heterocycles. The number of hydrogen-bond acceptors (Lipinski definition) is 4. The van der Waals surface area contributed by atoms with E-state index in [0.29, 0.717) is 0 Å². The van der Waals surface area contributed by atoms with Crippen LogP contribution in [0.3, 0.4) is 0 Å². The summed E-state index contributed by atoms with van der Waals surface area (Å²) in [4.78, 5) is 0.231. The molecule has 0 amide bonds. The van der Waals surface area contributed by atoms with E-state index in [-0.39, 0.29) is 4.90 Å². The van der Waals surface area contributed by atoms with E-state index in [1.165, 1.54) is 0 Å². The first-order valence-corrected chi connectivity index (χ1v) is 2.02. The minimum atomic E-state index is 0.231. The van der Waals surface area contributed by atoms with Crippen LogP contribution in [0.15, 0.2) is 7.70 Å². The smallest absolute Gasteiger partial charge is 0.323 e. The van der Waals surface area contributed by atoms with Crippen LogP contribution in [-0.2, 0) is 0 Å². The Kier molecular flexibility index (Phi) is 0.590. The van der Waals surface area contributed by atoms with Crippen molar-refractivity contribution in [1.82, 2.24) is 0 Å². The fourth-order valence-electron chi connectivity index (χ4n) is 0.0618. The number of rotatable bonds is 0. The second kappa shape index (κ2) is 0.948. The molecule has 0 saturated carbocycles. The fraction of sp³-hybridized carbons (Fsp3) is 0. The zero-order valence-corrected chi connectivity index (χ0v) is 3.77. The van der Waals surface area contributed by atoms with Gasteiger partial charge in [0.05, 0.1) is 0 Å². The van der Waals surface area contributed by atoms with Gasteiger partial charge in [-0.2, -0.15) is 0 Å². The Morgan fingerprint density at radius 3 is 2.00 bits per heavy atom. The minimum Gasteiger partial charge on any atom is -0.323 e. The van der Waals surface area contributed by atoms with Crippen molar-refractivity contribution < 1.29 is 7.70 Å². The molecule has 28 valence electrons. The van der Waals surface area contributed by atoms with Crippen molar-refractivity contribution in [1.29, 1.82) is 0 Å². The van der Waals surface area contributed by atoms with E-state index < -0.39 is 0 Å². The summed E-state index contributed by atoms with van der Waals surface area (Å²) in [5.74, 6) is 0. The van der Waals surface area contributed by atoms with Gasteiger partial charge in [-0.25, -0.2) is 0 Å². The first kappa shape index (κ1) is 3.11. The summed E-state index contributed by atoms with van der Waals surface area (Å²) >= 11 is 5.22. The fourth-order valence-corrected chi connectivity index (χ4v) is 0.352. The second-order valence-corrected chi connectivity index (χ2v) is 1.29. The summed E-state index contributed by atoms with van der Waals surface area (Å²) in [6, 6.07) is 0. The average Bonchev–Trinajstić information content (AvgIpc) is 1.30. The monoisotopic (exact) mass is 108 g/mol. The van der Waals surface area contributed by atoms with E-state index in [2.05, 4.69) is 19.9 Å². The van der Waals surface area contributed by atoms with Crippen LogP contribution < -0.4 is 0 Å². The van der Waals surface area contributed by atoms with Crippen LogP contribution in [0.25, 0.3) is 0 Å². The third kappa shape index (κ3) is 0.408. The second-order valence-electron chi connectivity index (χ2n) is 0.485. The Bertz CT molecular complexity index is 122. The summed E-state index contributed by atoms with van der Waals surface area (Å²) in [6.45, 7) is 0. The van der Waals surface area contributed by atoms with E-state index in [1.807, 2.05) is 0 Å². The van der Waals surface area contributed by atoms with E-state index in [4.69, 9.17) is 0 Å². The third-order valence-electron chi connectivity index (χ3n) is 0.204. The largest absolute Gasteiger partial charge is 0.390 e. The Labute approximate surface area is 37.5 Å². The zero-order valence-electron chi connectivity index (χ0n) is 2.13. The van der Waals surface area contributed by atoms with Crippen LogP contribution in [0.1, 0.15) is 0 Å². The van der Waals surface area contributed by atoms with Gasteiger partial charge in [0.2, 0.25) is 11.9 Å². The summed E-state index contributed by atoms with van der Waals surface area (Å²) in [5, 5.41) is 0. The molecular formula is CO2S2. The summed E-state index contributed by atoms with van der Waals surface area (Å²) in [5.41, 5.74) is 0. The molecule has 1 aromatic rings. The van der Waals surface area contributed by atoms with Crippen molar-refractivity contribution in [2.75, 3.05) is 0 Å². The number of hydrogen-bond donors (Lipinski definition) is 0. The van der Waals surface area contributed by atoms with Gasteiger partial charge in [-0.3, -0.25) is 0 Å². The van der Waals surface area contributed by atoms with E-state index in [1.54, 1.807) is 0 Å². The highest BCUT2D eigenvalue weighted by molar-refractivity contribution is 7.71. The van der Waals surface area contributed by atoms with E-state index >= 15 is 0 Å². The van der Waals surface area contributed by atoms with Gasteiger partial charge in [0.25, 0.3) is 0 Å². The molecule has 4 heteroatoms. The van der Waals surface area contributed by atoms with Gasteiger partial charge >= 0.3 is 4.90 Å². The molecule has 1 rings (SSSR count). The first-order chi connectivity index (χ1) is 2.39. The molecule has 0 fully saturated rings. The molecular weight excluding hydrogens is 108 g/mol. The average molecular weight is 108 g/mol. The zero-order chi connectivity index (χ0) is 3.70. The Morgan fingerprint density at radius 2 is 2.00 bits per heavy atom. The molecule has 0 aromatic carbocycles. The van der Waals surface area contributed by atoms with Gasteiger partial charge in [0.1, 0.15) is 0 Å². The van der Waals surface area contributed by atoms with Gasteiger partial charge in [-0.1, -0.05) is 0 Å². The molecule has 0 saturated heterocycles. The molecule has 0 aliphatic rings. The van der Waals surface area contributed by atoms with Crippen molar-refractivity contribution in [2.24, 2.45) is 0 Å². The highest BCUT2D eigenvalue weighted by Gasteiger charge is 1.77. The maximum absolute atomic E-state index is 4.36. The molecule has 0 unspecified atom stereocenters. The predicted octanol–water partition coefficient (Wildman–Crippen LogP) is 1.66. The summed E-state index contributed by atoms with van der Waals surface area (Å²) in [6.07, 6.45) is 0. The van der Waals surface area contributed by atoms with Crippen molar-refractivity contribution in [3.8, 4) is 0 Å². The summed E-state index contributed by atoms with van der Waals surface area (Å²) < 4.78 is 8.71. The molecule has 2 nitrogen and oxygen atoms in total. The van der Waals surface area contributed by atoms with Gasteiger partial charge in [-0.15, -0.1) is 0 Å².